The third-order valence-corrected chi connectivity index (χ3v) is 1.10. The standard InChI is InChI=1S/C4H8NOS/c1-5(2)4(6)7-3/h3H2,1-2H3. The molecule has 41 valence electrons. The van der Waals surface area contributed by atoms with E-state index in [1.165, 1.54) is 4.90 Å². The highest BCUT2D eigenvalue weighted by Crippen LogP contribution is 1.99. The second-order valence-electron chi connectivity index (χ2n) is 1.30. The molecule has 0 fully saturated rings. The van der Waals surface area contributed by atoms with Crippen LogP contribution in [0, 0.1) is 6.26 Å². The lowest BCUT2D eigenvalue weighted by molar-refractivity contribution is 0.241. The van der Waals surface area contributed by atoms with Crippen LogP contribution in [0.15, 0.2) is 0 Å². The number of nitrogens with zero attached hydrogens (tertiary/aromatic N) is 1. The smallest absolute Gasteiger partial charge is 0.281 e. The third kappa shape index (κ3) is 2.51. The predicted octanol–water partition coefficient (Wildman–Crippen LogP) is 1.19. The molecule has 0 aliphatic rings. The van der Waals surface area contributed by atoms with Gasteiger partial charge in [0.15, 0.2) is 0 Å². The summed E-state index contributed by atoms with van der Waals surface area (Å²) in [6.45, 7) is 0. The minimum absolute atomic E-state index is 0.0139. The molecular weight excluding hydrogens is 110 g/mol. The monoisotopic (exact) mass is 118 g/mol. The third-order valence-electron chi connectivity index (χ3n) is 0.489. The zero-order valence-electron chi connectivity index (χ0n) is 4.47. The Bertz CT molecular complexity index is 72.1. The van der Waals surface area contributed by atoms with E-state index in [-0.39, 0.29) is 5.24 Å². The summed E-state index contributed by atoms with van der Waals surface area (Å²) in [5.74, 6) is 0. The van der Waals surface area contributed by atoms with Gasteiger partial charge >= 0.3 is 0 Å². The Morgan fingerprint density at radius 3 is 2.14 bits per heavy atom. The summed E-state index contributed by atoms with van der Waals surface area (Å²) >= 11 is 0.970. The van der Waals surface area contributed by atoms with Crippen molar-refractivity contribution in [2.24, 2.45) is 0 Å². The van der Waals surface area contributed by atoms with Crippen LogP contribution in [0.5, 0.6) is 0 Å². The van der Waals surface area contributed by atoms with Crippen molar-refractivity contribution >= 4 is 17.0 Å². The van der Waals surface area contributed by atoms with Crippen molar-refractivity contribution in [1.82, 2.24) is 4.90 Å². The van der Waals surface area contributed by atoms with Crippen molar-refractivity contribution in [3.05, 3.63) is 6.26 Å². The average Bonchev–Trinajstić information content (AvgIpc) is 1.65. The highest BCUT2D eigenvalue weighted by molar-refractivity contribution is 8.14. The van der Waals surface area contributed by atoms with Crippen LogP contribution in [0.25, 0.3) is 0 Å². The van der Waals surface area contributed by atoms with Crippen molar-refractivity contribution in [2.75, 3.05) is 14.1 Å². The summed E-state index contributed by atoms with van der Waals surface area (Å²) in [7, 11) is 3.39. The van der Waals surface area contributed by atoms with Crippen LogP contribution >= 0.6 is 11.8 Å². The van der Waals surface area contributed by atoms with Gasteiger partial charge < -0.3 is 4.90 Å². The Balaban J connectivity index is 3.35. The summed E-state index contributed by atoms with van der Waals surface area (Å²) in [6.07, 6.45) is 3.33. The van der Waals surface area contributed by atoms with Gasteiger partial charge in [-0.3, -0.25) is 4.79 Å². The molecule has 0 unspecified atom stereocenters. The van der Waals surface area contributed by atoms with E-state index < -0.39 is 0 Å². The maximum Gasteiger partial charge on any atom is 0.281 e. The normalized spacial score (nSPS) is 8.43. The summed E-state index contributed by atoms with van der Waals surface area (Å²) in [6, 6.07) is 0. The van der Waals surface area contributed by atoms with Gasteiger partial charge in [-0.25, -0.2) is 0 Å². The molecule has 0 saturated carbocycles. The minimum Gasteiger partial charge on any atom is -0.340 e. The van der Waals surface area contributed by atoms with E-state index in [0.717, 1.165) is 11.8 Å². The molecule has 0 rings (SSSR count). The van der Waals surface area contributed by atoms with E-state index in [1.54, 1.807) is 14.1 Å². The molecule has 0 heterocycles. The van der Waals surface area contributed by atoms with Crippen LogP contribution in [0.4, 0.5) is 4.79 Å². The molecule has 3 heteroatoms. The number of thioether (sulfide) groups is 1. The van der Waals surface area contributed by atoms with Crippen molar-refractivity contribution in [1.29, 1.82) is 0 Å². The largest absolute Gasteiger partial charge is 0.340 e. The fraction of sp³-hybridized carbons (Fsp3) is 0.500. The minimum atomic E-state index is -0.0139. The number of rotatable bonds is 0. The SMILES string of the molecule is [CH2]SC(=O)N(C)C. The van der Waals surface area contributed by atoms with E-state index in [4.69, 9.17) is 0 Å². The fourth-order valence-corrected chi connectivity index (χ4v) is 0.387. The zero-order chi connectivity index (χ0) is 5.86. The first-order valence-corrected chi connectivity index (χ1v) is 2.80. The maximum atomic E-state index is 10.3. The molecule has 7 heavy (non-hydrogen) atoms. The van der Waals surface area contributed by atoms with Gasteiger partial charge in [0.05, 0.1) is 0 Å². The first kappa shape index (κ1) is 6.82. The molecular formula is C4H8NOS. The summed E-state index contributed by atoms with van der Waals surface area (Å²) in [5.41, 5.74) is 0. The van der Waals surface area contributed by atoms with Gasteiger partial charge in [0, 0.05) is 20.4 Å². The molecule has 0 aliphatic carbocycles. The quantitative estimate of drug-likeness (QED) is 0.476. The van der Waals surface area contributed by atoms with Crippen LogP contribution in [0.1, 0.15) is 0 Å². The fourth-order valence-electron chi connectivity index (χ4n) is 0.129. The predicted molar refractivity (Wildman–Crippen MR) is 32.0 cm³/mol. The van der Waals surface area contributed by atoms with Gasteiger partial charge in [-0.05, 0) is 0 Å². The van der Waals surface area contributed by atoms with Crippen molar-refractivity contribution < 1.29 is 4.79 Å². The lowest BCUT2D eigenvalue weighted by Gasteiger charge is -2.04. The van der Waals surface area contributed by atoms with Gasteiger partial charge in [-0.1, -0.05) is 11.8 Å². The number of hydrogen-bond acceptors (Lipinski definition) is 2. The van der Waals surface area contributed by atoms with E-state index in [0.29, 0.717) is 0 Å². The molecule has 1 radical (unpaired) electrons. The second-order valence-corrected chi connectivity index (χ2v) is 1.94. The Morgan fingerprint density at radius 1 is 1.71 bits per heavy atom. The van der Waals surface area contributed by atoms with E-state index in [2.05, 4.69) is 6.26 Å². The lowest BCUT2D eigenvalue weighted by atomic mass is 11.0. The molecule has 0 aliphatic heterocycles. The zero-order valence-corrected chi connectivity index (χ0v) is 5.29. The van der Waals surface area contributed by atoms with Crippen molar-refractivity contribution in [3.8, 4) is 0 Å². The number of carbonyl (C=O) groups is 1. The highest BCUT2D eigenvalue weighted by atomic mass is 32.2. The van der Waals surface area contributed by atoms with Gasteiger partial charge in [0.1, 0.15) is 0 Å². The van der Waals surface area contributed by atoms with Crippen LogP contribution in [0.2, 0.25) is 0 Å². The number of carbonyl (C=O) groups excluding carboxylic acids is 1. The van der Waals surface area contributed by atoms with Gasteiger partial charge in [-0.15, -0.1) is 0 Å². The molecule has 0 atom stereocenters. The first-order chi connectivity index (χ1) is 3.18. The van der Waals surface area contributed by atoms with Crippen LogP contribution in [0.3, 0.4) is 0 Å². The molecule has 1 amide bonds. The van der Waals surface area contributed by atoms with Crippen LogP contribution < -0.4 is 0 Å². The molecule has 0 spiro atoms. The summed E-state index contributed by atoms with van der Waals surface area (Å²) in [5, 5.41) is -0.0139. The number of hydrogen-bond donors (Lipinski definition) is 0. The van der Waals surface area contributed by atoms with E-state index >= 15 is 0 Å². The van der Waals surface area contributed by atoms with Gasteiger partial charge in [0.2, 0.25) is 0 Å². The Hall–Kier alpha value is -0.180. The van der Waals surface area contributed by atoms with Crippen LogP contribution in [-0.4, -0.2) is 24.2 Å². The molecule has 0 saturated heterocycles. The topological polar surface area (TPSA) is 20.3 Å². The number of amides is 1. The first-order valence-electron chi connectivity index (χ1n) is 1.81. The van der Waals surface area contributed by atoms with Gasteiger partial charge in [-0.2, -0.15) is 0 Å². The van der Waals surface area contributed by atoms with Crippen LogP contribution in [-0.2, 0) is 0 Å². The second kappa shape index (κ2) is 2.91. The molecule has 0 aromatic carbocycles. The maximum absolute atomic E-state index is 10.3. The summed E-state index contributed by atoms with van der Waals surface area (Å²) < 4.78 is 0. The molecule has 0 aromatic heterocycles. The van der Waals surface area contributed by atoms with Crippen molar-refractivity contribution in [3.63, 3.8) is 0 Å². The highest BCUT2D eigenvalue weighted by Gasteiger charge is 1.96. The average molecular weight is 118 g/mol. The molecule has 2 nitrogen and oxygen atoms in total. The molecule has 0 bridgehead atoms. The Morgan fingerprint density at radius 2 is 2.14 bits per heavy atom. The lowest BCUT2D eigenvalue weighted by Crippen LogP contribution is -2.15. The van der Waals surface area contributed by atoms with Gasteiger partial charge in [0.25, 0.3) is 5.24 Å². The van der Waals surface area contributed by atoms with E-state index in [9.17, 15) is 4.79 Å². The van der Waals surface area contributed by atoms with Crippen molar-refractivity contribution in [2.45, 2.75) is 0 Å². The Kier molecular flexibility index (Phi) is 2.83. The summed E-state index contributed by atoms with van der Waals surface area (Å²) in [4.78, 5) is 11.8. The molecule has 0 N–H and O–H groups in total. The molecule has 0 aromatic rings. The van der Waals surface area contributed by atoms with E-state index in [1.807, 2.05) is 0 Å². The Labute approximate surface area is 47.9 Å².